The van der Waals surface area contributed by atoms with Crippen LogP contribution in [0, 0.1) is 5.92 Å². The summed E-state index contributed by atoms with van der Waals surface area (Å²) >= 11 is 0. The van der Waals surface area contributed by atoms with Gasteiger partial charge in [0.05, 0.1) is 6.04 Å². The van der Waals surface area contributed by atoms with E-state index in [-0.39, 0.29) is 37.1 Å². The van der Waals surface area contributed by atoms with Crippen LogP contribution in [0.4, 0.5) is 0 Å². The number of carbonyl (C=O) groups excluding carboxylic acids is 4. The lowest BCUT2D eigenvalue weighted by Gasteiger charge is -2.28. The van der Waals surface area contributed by atoms with Gasteiger partial charge in [0.15, 0.2) is 0 Å². The molecule has 3 rings (SSSR count). The average Bonchev–Trinajstić information content (AvgIpc) is 3.59. The minimum absolute atomic E-state index is 0.00150. The molecule has 0 aliphatic carbocycles. The van der Waals surface area contributed by atoms with Gasteiger partial charge in [-0.3, -0.25) is 19.2 Å². The molecule has 1 saturated heterocycles. The molecule has 8 N–H and O–H groups in total. The van der Waals surface area contributed by atoms with Crippen molar-refractivity contribution in [3.8, 4) is 0 Å². The first-order valence-electron chi connectivity index (χ1n) is 13.3. The van der Waals surface area contributed by atoms with E-state index in [4.69, 9.17) is 5.73 Å². The van der Waals surface area contributed by atoms with Crippen LogP contribution < -0.4 is 27.0 Å². The normalized spacial score (nSPS) is 18.1. The lowest BCUT2D eigenvalue weighted by Crippen LogP contribution is -2.58. The second-order valence-electron chi connectivity index (χ2n) is 10.0. The predicted octanol–water partition coefficient (Wildman–Crippen LogP) is 0.313. The van der Waals surface area contributed by atoms with Gasteiger partial charge < -0.3 is 37.1 Å². The van der Waals surface area contributed by atoms with Gasteiger partial charge in [0.1, 0.15) is 18.1 Å². The number of carboxylic acid groups (broad SMARTS) is 1. The number of hydrogen-bond acceptors (Lipinski definition) is 6. The van der Waals surface area contributed by atoms with Crippen LogP contribution in [-0.2, 0) is 30.4 Å². The highest BCUT2D eigenvalue weighted by Gasteiger charge is 2.33. The van der Waals surface area contributed by atoms with Gasteiger partial charge in [0, 0.05) is 29.9 Å². The van der Waals surface area contributed by atoms with Crippen molar-refractivity contribution in [3.05, 3.63) is 36.0 Å². The van der Waals surface area contributed by atoms with Gasteiger partial charge >= 0.3 is 5.97 Å². The zero-order valence-corrected chi connectivity index (χ0v) is 22.3. The number of hydrogen-bond donors (Lipinski definition) is 7. The maximum atomic E-state index is 13.3. The SMILES string of the molecule is CCC(C)C(NC(=O)C1CCCN1)C(=O)NC(CCC(N)=O)C(=O)NC(Cc1c[nH]c2ccccc12)C(=O)O. The Morgan fingerprint density at radius 3 is 2.44 bits per heavy atom. The fraction of sp³-hybridized carbons (Fsp3) is 0.519. The van der Waals surface area contributed by atoms with Crippen molar-refractivity contribution in [2.45, 2.75) is 76.5 Å². The van der Waals surface area contributed by atoms with Crippen LogP contribution in [0.3, 0.4) is 0 Å². The Hall–Kier alpha value is -3.93. The molecule has 1 aromatic carbocycles. The zero-order chi connectivity index (χ0) is 28.5. The summed E-state index contributed by atoms with van der Waals surface area (Å²) in [5, 5.41) is 21.7. The number of aromatic nitrogens is 1. The number of primary amides is 1. The molecule has 12 nitrogen and oxygen atoms in total. The quantitative estimate of drug-likeness (QED) is 0.178. The van der Waals surface area contributed by atoms with Crippen molar-refractivity contribution in [1.29, 1.82) is 0 Å². The Labute approximate surface area is 226 Å². The third kappa shape index (κ3) is 8.03. The molecular formula is C27H38N6O6. The van der Waals surface area contributed by atoms with Gasteiger partial charge in [-0.25, -0.2) is 4.79 Å². The number of H-pyrrole nitrogens is 1. The van der Waals surface area contributed by atoms with Crippen molar-refractivity contribution >= 4 is 40.5 Å². The number of amides is 4. The molecule has 39 heavy (non-hydrogen) atoms. The number of aliphatic carboxylic acids is 1. The summed E-state index contributed by atoms with van der Waals surface area (Å²) in [6.45, 7) is 4.41. The molecule has 4 amide bonds. The maximum absolute atomic E-state index is 13.3. The lowest BCUT2D eigenvalue weighted by molar-refractivity contribution is -0.142. The molecule has 5 unspecified atom stereocenters. The minimum atomic E-state index is -1.29. The molecule has 5 atom stereocenters. The van der Waals surface area contributed by atoms with Crippen LogP contribution in [-0.4, -0.2) is 70.4 Å². The van der Waals surface area contributed by atoms with Crippen molar-refractivity contribution in [2.24, 2.45) is 11.7 Å². The van der Waals surface area contributed by atoms with E-state index in [1.807, 2.05) is 38.1 Å². The number of para-hydroxylation sites is 1. The molecule has 12 heteroatoms. The van der Waals surface area contributed by atoms with Crippen LogP contribution in [0.2, 0.25) is 0 Å². The Morgan fingerprint density at radius 2 is 1.79 bits per heavy atom. The Kier molecular flexibility index (Phi) is 10.4. The van der Waals surface area contributed by atoms with E-state index in [0.29, 0.717) is 18.4 Å². The van der Waals surface area contributed by atoms with Crippen LogP contribution in [0.1, 0.15) is 51.5 Å². The van der Waals surface area contributed by atoms with Crippen molar-refractivity contribution in [3.63, 3.8) is 0 Å². The number of fused-ring (bicyclic) bond motifs is 1. The first-order valence-corrected chi connectivity index (χ1v) is 13.3. The third-order valence-electron chi connectivity index (χ3n) is 7.20. The second kappa shape index (κ2) is 13.7. The molecule has 1 aliphatic heterocycles. The summed E-state index contributed by atoms with van der Waals surface area (Å²) in [4.78, 5) is 65.9. The lowest BCUT2D eigenvalue weighted by atomic mass is 9.97. The molecule has 0 spiro atoms. The standard InChI is InChI=1S/C27H38N6O6/c1-3-15(2)23(33-24(35)19-9-6-12-29-19)26(37)31-20(10-11-22(28)34)25(36)32-21(27(38)39)13-16-14-30-18-8-5-4-7-17(16)18/h4-5,7-8,14-15,19-21,23,29-30H,3,6,9-13H2,1-2H3,(H2,28,34)(H,31,37)(H,32,36)(H,33,35)(H,38,39). The van der Waals surface area contributed by atoms with E-state index < -0.39 is 41.8 Å². The number of nitrogens with two attached hydrogens (primary N) is 1. The third-order valence-corrected chi connectivity index (χ3v) is 7.20. The number of carbonyl (C=O) groups is 5. The Bertz CT molecular complexity index is 1190. The molecular weight excluding hydrogens is 504 g/mol. The molecule has 1 aliphatic rings. The molecule has 2 heterocycles. The van der Waals surface area contributed by atoms with Crippen molar-refractivity contribution in [1.82, 2.24) is 26.3 Å². The highest BCUT2D eigenvalue weighted by Crippen LogP contribution is 2.19. The van der Waals surface area contributed by atoms with Gasteiger partial charge in [0.2, 0.25) is 23.6 Å². The van der Waals surface area contributed by atoms with Crippen molar-refractivity contribution < 1.29 is 29.1 Å². The van der Waals surface area contributed by atoms with Crippen LogP contribution in [0.5, 0.6) is 0 Å². The molecule has 0 bridgehead atoms. The molecule has 2 aromatic rings. The fourth-order valence-corrected chi connectivity index (χ4v) is 4.67. The van der Waals surface area contributed by atoms with E-state index in [0.717, 1.165) is 23.9 Å². The van der Waals surface area contributed by atoms with E-state index >= 15 is 0 Å². The molecule has 0 saturated carbocycles. The predicted molar refractivity (Wildman–Crippen MR) is 144 cm³/mol. The summed E-state index contributed by atoms with van der Waals surface area (Å²) in [6.07, 6.45) is 3.47. The van der Waals surface area contributed by atoms with E-state index in [9.17, 15) is 29.1 Å². The summed E-state index contributed by atoms with van der Waals surface area (Å²) in [7, 11) is 0. The van der Waals surface area contributed by atoms with Gasteiger partial charge in [-0.2, -0.15) is 0 Å². The van der Waals surface area contributed by atoms with Crippen LogP contribution >= 0.6 is 0 Å². The largest absolute Gasteiger partial charge is 0.480 e. The minimum Gasteiger partial charge on any atom is -0.480 e. The van der Waals surface area contributed by atoms with Crippen LogP contribution in [0.15, 0.2) is 30.5 Å². The van der Waals surface area contributed by atoms with E-state index in [1.165, 1.54) is 0 Å². The maximum Gasteiger partial charge on any atom is 0.326 e. The van der Waals surface area contributed by atoms with Crippen LogP contribution in [0.25, 0.3) is 10.9 Å². The number of nitrogens with one attached hydrogen (secondary N) is 5. The monoisotopic (exact) mass is 542 g/mol. The van der Waals surface area contributed by atoms with Gasteiger partial charge in [-0.15, -0.1) is 0 Å². The molecule has 0 radical (unpaired) electrons. The summed E-state index contributed by atoms with van der Waals surface area (Å²) in [5.41, 5.74) is 6.82. The summed E-state index contributed by atoms with van der Waals surface area (Å²) in [5.74, 6) is -3.82. The summed E-state index contributed by atoms with van der Waals surface area (Å²) < 4.78 is 0. The average molecular weight is 543 g/mol. The number of carboxylic acids is 1. The summed E-state index contributed by atoms with van der Waals surface area (Å²) in [6, 6.07) is 3.56. The van der Waals surface area contributed by atoms with Gasteiger partial charge in [0.25, 0.3) is 0 Å². The zero-order valence-electron chi connectivity index (χ0n) is 22.3. The van der Waals surface area contributed by atoms with Gasteiger partial charge in [-0.05, 0) is 43.4 Å². The Morgan fingerprint density at radius 1 is 1.08 bits per heavy atom. The molecule has 212 valence electrons. The fourth-order valence-electron chi connectivity index (χ4n) is 4.67. The second-order valence-corrected chi connectivity index (χ2v) is 10.0. The van der Waals surface area contributed by atoms with E-state index in [2.05, 4.69) is 26.3 Å². The number of aromatic amines is 1. The first kappa shape index (κ1) is 29.6. The molecule has 1 aromatic heterocycles. The topological polar surface area (TPSA) is 196 Å². The Balaban J connectivity index is 1.74. The number of benzene rings is 1. The van der Waals surface area contributed by atoms with Crippen molar-refractivity contribution in [2.75, 3.05) is 6.54 Å². The first-order chi connectivity index (χ1) is 18.6. The highest BCUT2D eigenvalue weighted by atomic mass is 16.4. The highest BCUT2D eigenvalue weighted by molar-refractivity contribution is 5.95. The molecule has 1 fully saturated rings. The van der Waals surface area contributed by atoms with Gasteiger partial charge in [-0.1, -0.05) is 38.5 Å². The van der Waals surface area contributed by atoms with E-state index in [1.54, 1.807) is 6.20 Å². The number of rotatable bonds is 14. The smallest absolute Gasteiger partial charge is 0.326 e.